The Hall–Kier alpha value is -1.75. The van der Waals surface area contributed by atoms with Crippen molar-refractivity contribution >= 4 is 30.5 Å². The molecule has 0 saturated carbocycles. The van der Waals surface area contributed by atoms with Crippen LogP contribution in [0.3, 0.4) is 0 Å². The first-order valence-corrected chi connectivity index (χ1v) is 3.68. The molecule has 0 radical (unpaired) electrons. The van der Waals surface area contributed by atoms with Gasteiger partial charge in [-0.25, -0.2) is 0 Å². The standard InChI is InChI=1S/3C2H4O2.CHNS/c3*1-2(3)4;2-1-3/h3*1H3,(H,3,4);3H. The zero-order chi connectivity index (χ0) is 13.4. The molecule has 0 aliphatic heterocycles. The quantitative estimate of drug-likeness (QED) is 0.360. The van der Waals surface area contributed by atoms with Gasteiger partial charge in [0.05, 0.1) is 0 Å². The van der Waals surface area contributed by atoms with Gasteiger partial charge in [-0.15, -0.1) is 0 Å². The molecule has 0 atom stereocenters. The molecule has 0 unspecified atom stereocenters. The molecule has 0 aliphatic carbocycles. The van der Waals surface area contributed by atoms with Crippen LogP contribution in [0.15, 0.2) is 0 Å². The van der Waals surface area contributed by atoms with Crippen molar-refractivity contribution in [2.24, 2.45) is 0 Å². The summed E-state index contributed by atoms with van der Waals surface area (Å²) in [5.74, 6) is -2.50. The van der Waals surface area contributed by atoms with E-state index < -0.39 is 17.9 Å². The van der Waals surface area contributed by atoms with Crippen LogP contribution in [0, 0.1) is 10.7 Å². The molecule has 0 aromatic rings. The van der Waals surface area contributed by atoms with Gasteiger partial charge in [0.1, 0.15) is 5.40 Å². The topological polar surface area (TPSA) is 136 Å². The van der Waals surface area contributed by atoms with Gasteiger partial charge >= 0.3 is 0 Å². The molecule has 0 bridgehead atoms. The molecule has 0 fully saturated rings. The van der Waals surface area contributed by atoms with Crippen molar-refractivity contribution in [1.82, 2.24) is 0 Å². The van der Waals surface area contributed by atoms with E-state index in [2.05, 4.69) is 12.6 Å². The maximum Gasteiger partial charge on any atom is 0.300 e. The van der Waals surface area contributed by atoms with Crippen molar-refractivity contribution in [3.8, 4) is 5.40 Å². The largest absolute Gasteiger partial charge is 0.481 e. The molecular weight excluding hydrogens is 226 g/mol. The maximum absolute atomic E-state index is 9.00. The van der Waals surface area contributed by atoms with Crippen LogP contribution in [0.5, 0.6) is 0 Å². The number of aliphatic carboxylic acids is 3. The van der Waals surface area contributed by atoms with Crippen LogP contribution >= 0.6 is 12.6 Å². The fraction of sp³-hybridized carbons (Fsp3) is 0.429. The Morgan fingerprint density at radius 3 is 0.933 bits per heavy atom. The number of nitriles is 1. The lowest BCUT2D eigenvalue weighted by molar-refractivity contribution is -0.135. The Labute approximate surface area is 92.4 Å². The number of thiol groups is 1. The first-order chi connectivity index (χ1) is 6.61. The van der Waals surface area contributed by atoms with E-state index in [-0.39, 0.29) is 0 Å². The van der Waals surface area contributed by atoms with E-state index in [0.29, 0.717) is 0 Å². The highest BCUT2D eigenvalue weighted by molar-refractivity contribution is 7.85. The second-order valence-electron chi connectivity index (χ2n) is 1.66. The van der Waals surface area contributed by atoms with Gasteiger partial charge in [0.2, 0.25) is 0 Å². The minimum atomic E-state index is -0.833. The first kappa shape index (κ1) is 23.2. The summed E-state index contributed by atoms with van der Waals surface area (Å²) in [5.41, 5.74) is 0. The number of hydrogen-bond donors (Lipinski definition) is 4. The van der Waals surface area contributed by atoms with Crippen molar-refractivity contribution in [3.05, 3.63) is 0 Å². The lowest BCUT2D eigenvalue weighted by atomic mass is 10.9. The summed E-state index contributed by atoms with van der Waals surface area (Å²) in [6.07, 6.45) is 0. The predicted molar refractivity (Wildman–Crippen MR) is 54.5 cm³/mol. The summed E-state index contributed by atoms with van der Waals surface area (Å²) in [6.45, 7) is 3.25. The summed E-state index contributed by atoms with van der Waals surface area (Å²) in [6, 6.07) is 0. The smallest absolute Gasteiger partial charge is 0.300 e. The highest BCUT2D eigenvalue weighted by Crippen LogP contribution is 1.46. The maximum atomic E-state index is 9.00. The van der Waals surface area contributed by atoms with Gasteiger partial charge in [-0.3, -0.25) is 14.4 Å². The fourth-order valence-electron chi connectivity index (χ4n) is 0. The summed E-state index contributed by atoms with van der Waals surface area (Å²) in [5, 5.41) is 30.9. The molecule has 15 heavy (non-hydrogen) atoms. The molecule has 3 N–H and O–H groups in total. The molecule has 0 rings (SSSR count). The molecule has 8 heteroatoms. The van der Waals surface area contributed by atoms with E-state index in [4.69, 9.17) is 35.0 Å². The van der Waals surface area contributed by atoms with Crippen LogP contribution in [0.25, 0.3) is 0 Å². The molecule has 88 valence electrons. The normalized spacial score (nSPS) is 5.53. The van der Waals surface area contributed by atoms with Crippen LogP contribution in [0.2, 0.25) is 0 Å². The zero-order valence-corrected chi connectivity index (χ0v) is 9.36. The number of thiocyanates is 1. The van der Waals surface area contributed by atoms with Gasteiger partial charge in [0, 0.05) is 20.8 Å². The fourth-order valence-corrected chi connectivity index (χ4v) is 0. The molecule has 0 aromatic heterocycles. The minimum Gasteiger partial charge on any atom is -0.481 e. The van der Waals surface area contributed by atoms with E-state index in [1.807, 2.05) is 0 Å². The highest BCUT2D eigenvalue weighted by Gasteiger charge is 1.66. The Kier molecular flexibility index (Phi) is 35.3. The third kappa shape index (κ3) is 420. The second kappa shape index (κ2) is 22.8. The van der Waals surface area contributed by atoms with Crippen LogP contribution < -0.4 is 0 Å². The summed E-state index contributed by atoms with van der Waals surface area (Å²) in [7, 11) is 0. The molecule has 0 amide bonds. The van der Waals surface area contributed by atoms with Crippen LogP contribution in [-0.4, -0.2) is 33.2 Å². The minimum absolute atomic E-state index is 0.833. The Morgan fingerprint density at radius 2 is 0.933 bits per heavy atom. The summed E-state index contributed by atoms with van der Waals surface area (Å²) in [4.78, 5) is 27.0. The van der Waals surface area contributed by atoms with Crippen LogP contribution in [0.1, 0.15) is 20.8 Å². The predicted octanol–water partition coefficient (Wildman–Crippen LogP) is 0.670. The lowest BCUT2D eigenvalue weighted by Gasteiger charge is -1.59. The molecule has 0 aromatic carbocycles. The molecular formula is C7H13NO6S. The first-order valence-electron chi connectivity index (χ1n) is 3.23. The van der Waals surface area contributed by atoms with Gasteiger partial charge in [0.25, 0.3) is 17.9 Å². The van der Waals surface area contributed by atoms with Crippen LogP contribution in [0.4, 0.5) is 0 Å². The van der Waals surface area contributed by atoms with E-state index in [9.17, 15) is 0 Å². The van der Waals surface area contributed by atoms with Gasteiger partial charge in [-0.2, -0.15) is 5.26 Å². The third-order valence-electron chi connectivity index (χ3n) is 0. The Morgan fingerprint density at radius 1 is 0.933 bits per heavy atom. The monoisotopic (exact) mass is 239 g/mol. The van der Waals surface area contributed by atoms with E-state index in [1.54, 1.807) is 0 Å². The van der Waals surface area contributed by atoms with Gasteiger partial charge in [-0.05, 0) is 0 Å². The van der Waals surface area contributed by atoms with Crippen molar-refractivity contribution in [1.29, 1.82) is 5.26 Å². The highest BCUT2D eigenvalue weighted by atomic mass is 32.1. The lowest BCUT2D eigenvalue weighted by Crippen LogP contribution is -1.78. The number of nitrogens with zero attached hydrogens (tertiary/aromatic N) is 1. The molecule has 0 spiro atoms. The van der Waals surface area contributed by atoms with Gasteiger partial charge in [-0.1, -0.05) is 12.6 Å². The van der Waals surface area contributed by atoms with E-state index in [0.717, 1.165) is 20.8 Å². The van der Waals surface area contributed by atoms with Crippen molar-refractivity contribution in [2.75, 3.05) is 0 Å². The van der Waals surface area contributed by atoms with E-state index in [1.165, 1.54) is 5.40 Å². The SMILES string of the molecule is CC(=O)O.CC(=O)O.CC(=O)O.N#CS. The molecule has 0 saturated heterocycles. The van der Waals surface area contributed by atoms with Crippen molar-refractivity contribution in [2.45, 2.75) is 20.8 Å². The van der Waals surface area contributed by atoms with Gasteiger partial charge in [0.15, 0.2) is 0 Å². The van der Waals surface area contributed by atoms with Gasteiger partial charge < -0.3 is 15.3 Å². The third-order valence-corrected chi connectivity index (χ3v) is 0. The second-order valence-corrected chi connectivity index (χ2v) is 1.86. The number of carboxylic acids is 3. The Balaban J connectivity index is -0.0000000542. The van der Waals surface area contributed by atoms with Crippen LogP contribution in [-0.2, 0) is 14.4 Å². The molecule has 0 aliphatic rings. The molecule has 0 heterocycles. The summed E-state index contributed by atoms with van der Waals surface area (Å²) < 4.78 is 0. The average molecular weight is 239 g/mol. The number of hydrogen-bond acceptors (Lipinski definition) is 5. The summed E-state index contributed by atoms with van der Waals surface area (Å²) >= 11 is 3.09. The molecule has 7 nitrogen and oxygen atoms in total. The van der Waals surface area contributed by atoms with E-state index >= 15 is 0 Å². The Bertz CT molecular complexity index is 181. The van der Waals surface area contributed by atoms with Crippen molar-refractivity contribution in [3.63, 3.8) is 0 Å². The van der Waals surface area contributed by atoms with Crippen molar-refractivity contribution < 1.29 is 29.7 Å². The average Bonchev–Trinajstić information content (AvgIpc) is 1.81. The number of rotatable bonds is 0. The number of carbonyl (C=O) groups is 3. The number of carboxylic acid groups (broad SMARTS) is 3. The zero-order valence-electron chi connectivity index (χ0n) is 8.46.